The number of anilines is 1. The van der Waals surface area contributed by atoms with Gasteiger partial charge in [0.2, 0.25) is 0 Å². The molecule has 0 spiro atoms. The van der Waals surface area contributed by atoms with Crippen LogP contribution in [0, 0.1) is 17.6 Å². The Kier molecular flexibility index (Phi) is 6.89. The van der Waals surface area contributed by atoms with Gasteiger partial charge in [-0.1, -0.05) is 12.1 Å². The number of halogens is 2. The molecule has 7 heteroatoms. The molecule has 0 bridgehead atoms. The van der Waals surface area contributed by atoms with E-state index in [1.165, 1.54) is 23.3 Å². The largest absolute Gasteiger partial charge is 0.493 e. The molecule has 2 heterocycles. The van der Waals surface area contributed by atoms with E-state index in [4.69, 9.17) is 9.73 Å². The minimum absolute atomic E-state index is 0.389. The van der Waals surface area contributed by atoms with E-state index in [1.807, 2.05) is 0 Å². The Hall–Kier alpha value is -2.83. The molecule has 0 aromatic heterocycles. The summed E-state index contributed by atoms with van der Waals surface area (Å²) in [5, 5.41) is 6.73. The number of hydrogen-bond acceptors (Lipinski definition) is 3. The lowest BCUT2D eigenvalue weighted by Crippen LogP contribution is -2.38. The van der Waals surface area contributed by atoms with Crippen molar-refractivity contribution in [2.75, 3.05) is 44.2 Å². The molecule has 1 saturated heterocycles. The van der Waals surface area contributed by atoms with Crippen molar-refractivity contribution < 1.29 is 13.5 Å². The second-order valence-corrected chi connectivity index (χ2v) is 8.14. The van der Waals surface area contributed by atoms with Crippen LogP contribution in [0.3, 0.4) is 0 Å². The Labute approximate surface area is 182 Å². The molecular formula is C24H30F2N4O. The lowest BCUT2D eigenvalue weighted by Gasteiger charge is -2.18. The normalized spacial score (nSPS) is 18.1. The van der Waals surface area contributed by atoms with Gasteiger partial charge in [-0.3, -0.25) is 4.99 Å². The molecule has 166 valence electrons. The molecule has 2 aliphatic heterocycles. The molecule has 0 saturated carbocycles. The van der Waals surface area contributed by atoms with Crippen LogP contribution in [0.25, 0.3) is 0 Å². The quantitative estimate of drug-likeness (QED) is 0.523. The number of hydrogen-bond donors (Lipinski definition) is 2. The molecule has 1 fully saturated rings. The molecular weight excluding hydrogens is 398 g/mol. The number of aliphatic imine (C=N–C) groups is 1. The minimum atomic E-state index is -0.807. The first-order valence-electron chi connectivity index (χ1n) is 11.1. The van der Waals surface area contributed by atoms with Gasteiger partial charge in [0.1, 0.15) is 5.75 Å². The van der Waals surface area contributed by atoms with Crippen LogP contribution in [0.2, 0.25) is 0 Å². The van der Waals surface area contributed by atoms with Gasteiger partial charge >= 0.3 is 0 Å². The van der Waals surface area contributed by atoms with Gasteiger partial charge in [-0.25, -0.2) is 8.78 Å². The van der Waals surface area contributed by atoms with E-state index in [0.717, 1.165) is 69.4 Å². The van der Waals surface area contributed by atoms with Crippen LogP contribution < -0.4 is 20.3 Å². The van der Waals surface area contributed by atoms with Gasteiger partial charge in [-0.2, -0.15) is 0 Å². The number of nitrogens with zero attached hydrogens (tertiary/aromatic N) is 2. The highest BCUT2D eigenvalue weighted by Crippen LogP contribution is 2.26. The van der Waals surface area contributed by atoms with Crippen molar-refractivity contribution in [1.82, 2.24) is 10.6 Å². The number of nitrogens with one attached hydrogen (secondary N) is 2. The maximum Gasteiger partial charge on any atom is 0.191 e. The van der Waals surface area contributed by atoms with Crippen LogP contribution >= 0.6 is 0 Å². The highest BCUT2D eigenvalue weighted by atomic mass is 19.2. The molecule has 31 heavy (non-hydrogen) atoms. The van der Waals surface area contributed by atoms with Gasteiger partial charge in [-0.05, 0) is 55.0 Å². The van der Waals surface area contributed by atoms with Crippen molar-refractivity contribution in [3.8, 4) is 5.75 Å². The molecule has 2 N–H and O–H groups in total. The third-order valence-corrected chi connectivity index (χ3v) is 5.87. The summed E-state index contributed by atoms with van der Waals surface area (Å²) < 4.78 is 32.3. The lowest BCUT2D eigenvalue weighted by atomic mass is 10.1. The molecule has 5 nitrogen and oxygen atoms in total. The van der Waals surface area contributed by atoms with E-state index in [-0.39, 0.29) is 0 Å². The lowest BCUT2D eigenvalue weighted by molar-refractivity contribution is 0.357. The van der Waals surface area contributed by atoms with Gasteiger partial charge in [0.05, 0.1) is 6.61 Å². The summed E-state index contributed by atoms with van der Waals surface area (Å²) in [5.74, 6) is 0.617. The summed E-state index contributed by atoms with van der Waals surface area (Å²) in [6.45, 7) is 6.76. The SMILES string of the molecule is CCNC(=NCC1CCN(c2ccc(F)c(F)c2)C1)NCCc1ccc2c(c1)CCO2. The fraction of sp³-hybridized carbons (Fsp3) is 0.458. The number of fused-ring (bicyclic) bond motifs is 1. The zero-order valence-corrected chi connectivity index (χ0v) is 18.0. The third-order valence-electron chi connectivity index (χ3n) is 5.87. The van der Waals surface area contributed by atoms with Crippen LogP contribution in [0.4, 0.5) is 14.5 Å². The molecule has 4 rings (SSSR count). The zero-order chi connectivity index (χ0) is 21.6. The molecule has 2 aromatic carbocycles. The molecule has 2 aliphatic rings. The van der Waals surface area contributed by atoms with Crippen molar-refractivity contribution in [3.05, 3.63) is 59.2 Å². The third kappa shape index (κ3) is 5.46. The van der Waals surface area contributed by atoms with E-state index in [0.29, 0.717) is 12.5 Å². The maximum atomic E-state index is 13.5. The van der Waals surface area contributed by atoms with Crippen molar-refractivity contribution in [3.63, 3.8) is 0 Å². The average Bonchev–Trinajstić information content (AvgIpc) is 3.43. The Morgan fingerprint density at radius 3 is 2.90 bits per heavy atom. The highest BCUT2D eigenvalue weighted by molar-refractivity contribution is 5.79. The number of rotatable bonds is 7. The van der Waals surface area contributed by atoms with Crippen LogP contribution in [0.1, 0.15) is 24.5 Å². The fourth-order valence-electron chi connectivity index (χ4n) is 4.18. The summed E-state index contributed by atoms with van der Waals surface area (Å²) in [6.07, 6.45) is 2.90. The number of benzene rings is 2. The monoisotopic (exact) mass is 428 g/mol. The number of ether oxygens (including phenoxy) is 1. The molecule has 0 radical (unpaired) electrons. The summed E-state index contributed by atoms with van der Waals surface area (Å²) >= 11 is 0. The van der Waals surface area contributed by atoms with Crippen molar-refractivity contribution in [1.29, 1.82) is 0 Å². The first kappa shape index (κ1) is 21.4. The Morgan fingerprint density at radius 2 is 2.06 bits per heavy atom. The van der Waals surface area contributed by atoms with Crippen molar-refractivity contribution in [2.24, 2.45) is 10.9 Å². The second-order valence-electron chi connectivity index (χ2n) is 8.14. The predicted octanol–water partition coefficient (Wildman–Crippen LogP) is 3.52. The summed E-state index contributed by atoms with van der Waals surface area (Å²) in [5.41, 5.74) is 3.32. The predicted molar refractivity (Wildman–Crippen MR) is 120 cm³/mol. The van der Waals surface area contributed by atoms with Crippen molar-refractivity contribution >= 4 is 11.6 Å². The summed E-state index contributed by atoms with van der Waals surface area (Å²) in [7, 11) is 0. The van der Waals surface area contributed by atoms with Gasteiger partial charge in [0.25, 0.3) is 0 Å². The smallest absolute Gasteiger partial charge is 0.191 e. The second kappa shape index (κ2) is 9.98. The van der Waals surface area contributed by atoms with Gasteiger partial charge in [0.15, 0.2) is 17.6 Å². The topological polar surface area (TPSA) is 48.9 Å². The Bertz CT molecular complexity index is 934. The van der Waals surface area contributed by atoms with Crippen LogP contribution in [0.5, 0.6) is 5.75 Å². The molecule has 0 aliphatic carbocycles. The minimum Gasteiger partial charge on any atom is -0.493 e. The molecule has 0 amide bonds. The standard InChI is InChI=1S/C24H30F2N4O/c1-2-27-24(28-10-7-17-3-6-23-19(13-17)9-12-31-23)29-15-18-8-11-30(16-18)20-4-5-21(25)22(26)14-20/h3-6,13-14,18H,2,7-12,15-16H2,1H3,(H2,27,28,29). The van der Waals surface area contributed by atoms with Crippen LogP contribution in [-0.2, 0) is 12.8 Å². The van der Waals surface area contributed by atoms with E-state index < -0.39 is 11.6 Å². The first-order chi connectivity index (χ1) is 15.1. The van der Waals surface area contributed by atoms with E-state index in [1.54, 1.807) is 6.07 Å². The first-order valence-corrected chi connectivity index (χ1v) is 11.1. The van der Waals surface area contributed by atoms with E-state index in [9.17, 15) is 8.78 Å². The summed E-state index contributed by atoms with van der Waals surface area (Å²) in [6, 6.07) is 10.5. The molecule has 1 unspecified atom stereocenters. The maximum absolute atomic E-state index is 13.5. The highest BCUT2D eigenvalue weighted by Gasteiger charge is 2.23. The van der Waals surface area contributed by atoms with Crippen LogP contribution in [-0.4, -0.2) is 45.3 Å². The summed E-state index contributed by atoms with van der Waals surface area (Å²) in [4.78, 5) is 6.86. The van der Waals surface area contributed by atoms with Crippen molar-refractivity contribution in [2.45, 2.75) is 26.2 Å². The fourth-order valence-corrected chi connectivity index (χ4v) is 4.18. The van der Waals surface area contributed by atoms with Gasteiger partial charge < -0.3 is 20.3 Å². The zero-order valence-electron chi connectivity index (χ0n) is 18.0. The molecule has 1 atom stereocenters. The van der Waals surface area contributed by atoms with E-state index in [2.05, 4.69) is 40.7 Å². The van der Waals surface area contributed by atoms with Crippen LogP contribution in [0.15, 0.2) is 41.4 Å². The Morgan fingerprint density at radius 1 is 1.16 bits per heavy atom. The number of guanidine groups is 1. The van der Waals surface area contributed by atoms with Gasteiger partial charge in [0, 0.05) is 50.9 Å². The Balaban J connectivity index is 1.27. The van der Waals surface area contributed by atoms with Gasteiger partial charge in [-0.15, -0.1) is 0 Å². The molecule has 2 aromatic rings. The average molecular weight is 429 g/mol. The van der Waals surface area contributed by atoms with E-state index >= 15 is 0 Å².